The standard InChI is InChI=1S/C13H24N4O6/c1-3-23-13(22)8-16(5-10(14)18)4-9(2)17(6-11(15)19)7-12(20)21/h9H,3-8H2,1-2H3,(H2,14,18)(H2,15,19)(H,20,21)/t9-/m0/s1. The number of nitrogens with zero attached hydrogens (tertiary/aromatic N) is 2. The zero-order valence-electron chi connectivity index (χ0n) is 13.4. The summed E-state index contributed by atoms with van der Waals surface area (Å²) in [6.07, 6.45) is 0. The monoisotopic (exact) mass is 332 g/mol. The van der Waals surface area contributed by atoms with Gasteiger partial charge in [-0.25, -0.2) is 0 Å². The van der Waals surface area contributed by atoms with E-state index in [2.05, 4.69) is 0 Å². The maximum atomic E-state index is 11.5. The third-order valence-electron chi connectivity index (χ3n) is 2.88. The molecule has 23 heavy (non-hydrogen) atoms. The summed E-state index contributed by atoms with van der Waals surface area (Å²) in [6.45, 7) is 2.64. The fourth-order valence-electron chi connectivity index (χ4n) is 2.03. The quantitative estimate of drug-likeness (QED) is 0.334. The van der Waals surface area contributed by atoms with Crippen molar-refractivity contribution in [2.45, 2.75) is 19.9 Å². The first-order chi connectivity index (χ1) is 10.6. The third-order valence-corrected chi connectivity index (χ3v) is 2.88. The molecule has 10 heteroatoms. The van der Waals surface area contributed by atoms with Crippen LogP contribution in [0, 0.1) is 0 Å². The topological polar surface area (TPSA) is 156 Å². The molecule has 0 radical (unpaired) electrons. The number of carboxylic acids is 1. The van der Waals surface area contributed by atoms with Gasteiger partial charge in [0.15, 0.2) is 0 Å². The van der Waals surface area contributed by atoms with Crippen LogP contribution >= 0.6 is 0 Å². The summed E-state index contributed by atoms with van der Waals surface area (Å²) in [5, 5.41) is 8.88. The van der Waals surface area contributed by atoms with Crippen LogP contribution in [0.5, 0.6) is 0 Å². The number of carbonyl (C=O) groups is 4. The minimum atomic E-state index is -1.12. The summed E-state index contributed by atoms with van der Waals surface area (Å²) in [6, 6.07) is -0.452. The highest BCUT2D eigenvalue weighted by molar-refractivity contribution is 5.78. The highest BCUT2D eigenvalue weighted by Crippen LogP contribution is 2.03. The SMILES string of the molecule is CCOC(=O)CN(CC(N)=O)C[C@H](C)N(CC(N)=O)CC(=O)O. The van der Waals surface area contributed by atoms with E-state index in [4.69, 9.17) is 21.3 Å². The maximum Gasteiger partial charge on any atom is 0.320 e. The molecule has 0 heterocycles. The Morgan fingerprint density at radius 1 is 1.04 bits per heavy atom. The van der Waals surface area contributed by atoms with Gasteiger partial charge in [-0.1, -0.05) is 0 Å². The Morgan fingerprint density at radius 2 is 1.61 bits per heavy atom. The van der Waals surface area contributed by atoms with Crippen molar-refractivity contribution in [3.8, 4) is 0 Å². The Bertz CT molecular complexity index is 426. The number of primary amides is 2. The fraction of sp³-hybridized carbons (Fsp3) is 0.692. The van der Waals surface area contributed by atoms with Crippen molar-refractivity contribution in [1.29, 1.82) is 0 Å². The van der Waals surface area contributed by atoms with Crippen LogP contribution in [0.25, 0.3) is 0 Å². The van der Waals surface area contributed by atoms with Crippen LogP contribution in [-0.2, 0) is 23.9 Å². The molecular formula is C13H24N4O6. The van der Waals surface area contributed by atoms with Crippen LogP contribution in [0.15, 0.2) is 0 Å². The van der Waals surface area contributed by atoms with E-state index in [9.17, 15) is 19.2 Å². The molecule has 0 bridgehead atoms. The summed E-state index contributed by atoms with van der Waals surface area (Å²) < 4.78 is 4.81. The molecule has 0 aliphatic rings. The molecule has 132 valence electrons. The molecule has 1 atom stereocenters. The molecule has 0 saturated carbocycles. The Morgan fingerprint density at radius 3 is 2.04 bits per heavy atom. The van der Waals surface area contributed by atoms with Crippen LogP contribution < -0.4 is 11.5 Å². The lowest BCUT2D eigenvalue weighted by Crippen LogP contribution is -2.50. The minimum Gasteiger partial charge on any atom is -0.480 e. The smallest absolute Gasteiger partial charge is 0.320 e. The molecule has 10 nitrogen and oxygen atoms in total. The summed E-state index contributed by atoms with van der Waals surface area (Å²) in [7, 11) is 0. The first-order valence-corrected chi connectivity index (χ1v) is 7.06. The molecule has 0 aromatic heterocycles. The van der Waals surface area contributed by atoms with Crippen molar-refractivity contribution in [2.24, 2.45) is 11.5 Å². The van der Waals surface area contributed by atoms with Crippen LogP contribution in [0.1, 0.15) is 13.8 Å². The van der Waals surface area contributed by atoms with Crippen molar-refractivity contribution in [3.05, 3.63) is 0 Å². The van der Waals surface area contributed by atoms with E-state index < -0.39 is 36.3 Å². The van der Waals surface area contributed by atoms with Gasteiger partial charge < -0.3 is 21.3 Å². The van der Waals surface area contributed by atoms with Crippen molar-refractivity contribution >= 4 is 23.8 Å². The molecule has 0 aliphatic carbocycles. The van der Waals surface area contributed by atoms with Gasteiger partial charge >= 0.3 is 11.9 Å². The van der Waals surface area contributed by atoms with Crippen molar-refractivity contribution in [3.63, 3.8) is 0 Å². The van der Waals surface area contributed by atoms with E-state index in [0.29, 0.717) is 0 Å². The largest absolute Gasteiger partial charge is 0.480 e. The first-order valence-electron chi connectivity index (χ1n) is 7.06. The lowest BCUT2D eigenvalue weighted by Gasteiger charge is -2.30. The minimum absolute atomic E-state index is 0.141. The number of amides is 2. The zero-order valence-corrected chi connectivity index (χ0v) is 13.4. The number of esters is 1. The molecular weight excluding hydrogens is 308 g/mol. The average Bonchev–Trinajstić information content (AvgIpc) is 2.35. The van der Waals surface area contributed by atoms with Gasteiger partial charge in [0.2, 0.25) is 11.8 Å². The van der Waals surface area contributed by atoms with Gasteiger partial charge in [0, 0.05) is 12.6 Å². The summed E-state index contributed by atoms with van der Waals surface area (Å²) in [5.41, 5.74) is 10.2. The van der Waals surface area contributed by atoms with Crippen molar-refractivity contribution in [1.82, 2.24) is 9.80 Å². The van der Waals surface area contributed by atoms with Gasteiger partial charge in [-0.15, -0.1) is 0 Å². The van der Waals surface area contributed by atoms with Gasteiger partial charge in [0.25, 0.3) is 0 Å². The molecule has 2 amide bonds. The molecule has 0 fully saturated rings. The van der Waals surface area contributed by atoms with E-state index in [-0.39, 0.29) is 32.8 Å². The molecule has 0 rings (SSSR count). The Hall–Kier alpha value is -2.20. The van der Waals surface area contributed by atoms with Gasteiger partial charge in [0.05, 0.1) is 32.8 Å². The molecule has 0 aromatic carbocycles. The van der Waals surface area contributed by atoms with E-state index in [1.807, 2.05) is 0 Å². The predicted octanol–water partition coefficient (Wildman–Crippen LogP) is -2.40. The molecule has 0 aromatic rings. The number of nitrogens with two attached hydrogens (primary N) is 2. The average molecular weight is 332 g/mol. The number of ether oxygens (including phenoxy) is 1. The number of carbonyl (C=O) groups excluding carboxylic acids is 3. The summed E-state index contributed by atoms with van der Waals surface area (Å²) in [4.78, 5) is 47.3. The Kier molecular flexibility index (Phi) is 9.51. The highest BCUT2D eigenvalue weighted by atomic mass is 16.5. The third kappa shape index (κ3) is 10.2. The number of aliphatic carboxylic acids is 1. The van der Waals surface area contributed by atoms with Crippen LogP contribution in [0.2, 0.25) is 0 Å². The van der Waals surface area contributed by atoms with Crippen LogP contribution in [0.4, 0.5) is 0 Å². The number of hydrogen-bond donors (Lipinski definition) is 3. The molecule has 0 aliphatic heterocycles. The number of rotatable bonds is 12. The van der Waals surface area contributed by atoms with Gasteiger partial charge in [-0.3, -0.25) is 29.0 Å². The zero-order chi connectivity index (χ0) is 18.0. The number of carboxylic acid groups (broad SMARTS) is 1. The first kappa shape index (κ1) is 20.8. The van der Waals surface area contributed by atoms with E-state index in [1.165, 1.54) is 9.80 Å². The normalized spacial score (nSPS) is 12.2. The summed E-state index contributed by atoms with van der Waals surface area (Å²) in [5.74, 6) is -2.96. The van der Waals surface area contributed by atoms with E-state index >= 15 is 0 Å². The van der Waals surface area contributed by atoms with Gasteiger partial charge in [-0.05, 0) is 13.8 Å². The summed E-state index contributed by atoms with van der Waals surface area (Å²) >= 11 is 0. The van der Waals surface area contributed by atoms with Gasteiger partial charge in [0.1, 0.15) is 0 Å². The Labute approximate surface area is 134 Å². The van der Waals surface area contributed by atoms with Crippen molar-refractivity contribution in [2.75, 3.05) is 39.3 Å². The van der Waals surface area contributed by atoms with Crippen molar-refractivity contribution < 1.29 is 29.0 Å². The second kappa shape index (κ2) is 10.5. The fourth-order valence-corrected chi connectivity index (χ4v) is 2.03. The Balaban J connectivity index is 4.88. The molecule has 0 unspecified atom stereocenters. The second-order valence-electron chi connectivity index (χ2n) is 5.06. The van der Waals surface area contributed by atoms with Crippen LogP contribution in [0.3, 0.4) is 0 Å². The molecule has 5 N–H and O–H groups in total. The number of hydrogen-bond acceptors (Lipinski definition) is 7. The van der Waals surface area contributed by atoms with E-state index in [1.54, 1.807) is 13.8 Å². The lowest BCUT2D eigenvalue weighted by molar-refractivity contribution is -0.145. The molecule has 0 spiro atoms. The maximum absolute atomic E-state index is 11.5. The predicted molar refractivity (Wildman–Crippen MR) is 80.1 cm³/mol. The molecule has 0 saturated heterocycles. The second-order valence-corrected chi connectivity index (χ2v) is 5.06. The van der Waals surface area contributed by atoms with Gasteiger partial charge in [-0.2, -0.15) is 0 Å². The van der Waals surface area contributed by atoms with Crippen LogP contribution in [-0.4, -0.2) is 84.0 Å². The van der Waals surface area contributed by atoms with E-state index in [0.717, 1.165) is 0 Å². The highest BCUT2D eigenvalue weighted by Gasteiger charge is 2.23. The lowest BCUT2D eigenvalue weighted by atomic mass is 10.2.